The summed E-state index contributed by atoms with van der Waals surface area (Å²) in [5.41, 5.74) is 1.50. The molecule has 0 aliphatic carbocycles. The van der Waals surface area contributed by atoms with Crippen molar-refractivity contribution in [2.24, 2.45) is 0 Å². The first-order valence-corrected chi connectivity index (χ1v) is 11.3. The fraction of sp³-hybridized carbons (Fsp3) is 0.364. The average molecular weight is 456 g/mol. The molecule has 32 heavy (non-hydrogen) atoms. The Balaban J connectivity index is 1.48. The molecule has 168 valence electrons. The third-order valence-electron chi connectivity index (χ3n) is 5.08. The van der Waals surface area contributed by atoms with Crippen molar-refractivity contribution < 1.29 is 19.0 Å². The molecule has 0 spiro atoms. The Hall–Kier alpha value is -3.11. The number of pyridine rings is 1. The van der Waals surface area contributed by atoms with E-state index in [0.717, 1.165) is 30.8 Å². The standard InChI is InChI=1S/C22H25N5O4S/c1-29-16-5-6-18(19(12-16)30-2)24-20(28)14-32-22-26-25-21(15-7-9-23-10-8-15)27(22)13-17-4-3-11-31-17/h5-10,12,17H,3-4,11,13-14H2,1-2H3,(H,24,28)/t17-/m0/s1. The van der Waals surface area contributed by atoms with Gasteiger partial charge < -0.3 is 19.5 Å². The van der Waals surface area contributed by atoms with Gasteiger partial charge in [-0.1, -0.05) is 11.8 Å². The lowest BCUT2D eigenvalue weighted by atomic mass is 10.2. The minimum atomic E-state index is -0.171. The van der Waals surface area contributed by atoms with Crippen LogP contribution in [0.2, 0.25) is 0 Å². The van der Waals surface area contributed by atoms with Crippen LogP contribution in [0.1, 0.15) is 12.8 Å². The first kappa shape index (κ1) is 22.1. The van der Waals surface area contributed by atoms with Gasteiger partial charge in [0, 0.05) is 30.6 Å². The predicted octanol–water partition coefficient (Wildman–Crippen LogP) is 3.27. The summed E-state index contributed by atoms with van der Waals surface area (Å²) in [6, 6.07) is 9.04. The van der Waals surface area contributed by atoms with Crippen molar-refractivity contribution in [2.75, 3.05) is 31.9 Å². The smallest absolute Gasteiger partial charge is 0.234 e. The molecule has 1 amide bonds. The highest BCUT2D eigenvalue weighted by atomic mass is 32.2. The predicted molar refractivity (Wildman–Crippen MR) is 121 cm³/mol. The number of carbonyl (C=O) groups excluding carboxylic acids is 1. The van der Waals surface area contributed by atoms with Crippen molar-refractivity contribution in [3.63, 3.8) is 0 Å². The fourth-order valence-corrected chi connectivity index (χ4v) is 4.23. The third-order valence-corrected chi connectivity index (χ3v) is 6.05. The van der Waals surface area contributed by atoms with Gasteiger partial charge in [-0.25, -0.2) is 0 Å². The van der Waals surface area contributed by atoms with Gasteiger partial charge in [0.1, 0.15) is 11.5 Å². The average Bonchev–Trinajstić information content (AvgIpc) is 3.49. The molecule has 3 aromatic rings. The van der Waals surface area contributed by atoms with Gasteiger partial charge in [-0.3, -0.25) is 14.3 Å². The summed E-state index contributed by atoms with van der Waals surface area (Å²) in [4.78, 5) is 16.7. The topological polar surface area (TPSA) is 100 Å². The number of methoxy groups -OCH3 is 2. The van der Waals surface area contributed by atoms with Gasteiger partial charge in [0.05, 0.1) is 38.3 Å². The number of thioether (sulfide) groups is 1. The maximum absolute atomic E-state index is 12.6. The summed E-state index contributed by atoms with van der Waals surface area (Å²) in [6.45, 7) is 1.41. The molecule has 9 nitrogen and oxygen atoms in total. The summed E-state index contributed by atoms with van der Waals surface area (Å²) in [5.74, 6) is 1.93. The van der Waals surface area contributed by atoms with Gasteiger partial charge >= 0.3 is 0 Å². The monoisotopic (exact) mass is 455 g/mol. The molecule has 4 rings (SSSR count). The lowest BCUT2D eigenvalue weighted by Gasteiger charge is -2.15. The minimum Gasteiger partial charge on any atom is -0.497 e. The molecule has 3 heterocycles. The molecule has 1 aliphatic heterocycles. The van der Waals surface area contributed by atoms with E-state index in [4.69, 9.17) is 14.2 Å². The van der Waals surface area contributed by atoms with Crippen LogP contribution in [0, 0.1) is 0 Å². The van der Waals surface area contributed by atoms with Gasteiger partial charge in [0.15, 0.2) is 11.0 Å². The van der Waals surface area contributed by atoms with Crippen molar-refractivity contribution in [2.45, 2.75) is 30.6 Å². The zero-order valence-corrected chi connectivity index (χ0v) is 18.8. The van der Waals surface area contributed by atoms with Crippen LogP contribution in [-0.4, -0.2) is 58.3 Å². The molecule has 0 saturated carbocycles. The Bertz CT molecular complexity index is 1050. The number of nitrogens with zero attached hydrogens (tertiary/aromatic N) is 4. The van der Waals surface area contributed by atoms with Crippen molar-refractivity contribution in [3.05, 3.63) is 42.7 Å². The van der Waals surface area contributed by atoms with Crippen LogP contribution >= 0.6 is 11.8 Å². The number of nitrogens with one attached hydrogen (secondary N) is 1. The SMILES string of the molecule is COc1ccc(NC(=O)CSc2nnc(-c3ccncc3)n2C[C@@H]2CCCO2)c(OC)c1. The van der Waals surface area contributed by atoms with E-state index in [-0.39, 0.29) is 17.8 Å². The van der Waals surface area contributed by atoms with Crippen LogP contribution in [-0.2, 0) is 16.1 Å². The van der Waals surface area contributed by atoms with E-state index in [9.17, 15) is 4.79 Å². The van der Waals surface area contributed by atoms with E-state index >= 15 is 0 Å². The zero-order valence-electron chi connectivity index (χ0n) is 18.0. The number of aromatic nitrogens is 4. The summed E-state index contributed by atoms with van der Waals surface area (Å²) in [5, 5.41) is 12.3. The molecule has 1 fully saturated rings. The lowest BCUT2D eigenvalue weighted by molar-refractivity contribution is -0.113. The van der Waals surface area contributed by atoms with E-state index in [1.165, 1.54) is 11.8 Å². The van der Waals surface area contributed by atoms with Gasteiger partial charge in [-0.15, -0.1) is 10.2 Å². The van der Waals surface area contributed by atoms with Gasteiger partial charge in [-0.05, 0) is 37.1 Å². The van der Waals surface area contributed by atoms with Crippen LogP contribution in [0.3, 0.4) is 0 Å². The maximum Gasteiger partial charge on any atom is 0.234 e. The largest absolute Gasteiger partial charge is 0.497 e. The first-order valence-electron chi connectivity index (χ1n) is 10.3. The normalized spacial score (nSPS) is 15.5. The molecule has 0 unspecified atom stereocenters. The van der Waals surface area contributed by atoms with Crippen LogP contribution < -0.4 is 14.8 Å². The molecule has 0 radical (unpaired) electrons. The Kier molecular flexibility index (Phi) is 7.23. The Morgan fingerprint density at radius 3 is 2.78 bits per heavy atom. The quantitative estimate of drug-likeness (QED) is 0.491. The van der Waals surface area contributed by atoms with Crippen LogP contribution in [0.15, 0.2) is 47.9 Å². The highest BCUT2D eigenvalue weighted by Crippen LogP contribution is 2.30. The number of carbonyl (C=O) groups is 1. The van der Waals surface area contributed by atoms with Gasteiger partial charge in [0.2, 0.25) is 5.91 Å². The molecule has 0 bridgehead atoms. The van der Waals surface area contributed by atoms with Gasteiger partial charge in [0.25, 0.3) is 0 Å². The molecule has 2 aromatic heterocycles. The molecule has 1 aromatic carbocycles. The van der Waals surface area contributed by atoms with Crippen molar-refractivity contribution in [3.8, 4) is 22.9 Å². The van der Waals surface area contributed by atoms with Gasteiger partial charge in [-0.2, -0.15) is 0 Å². The van der Waals surface area contributed by atoms with E-state index < -0.39 is 0 Å². The fourth-order valence-electron chi connectivity index (χ4n) is 3.48. The highest BCUT2D eigenvalue weighted by Gasteiger charge is 2.22. The molecule has 1 N–H and O–H groups in total. The third kappa shape index (κ3) is 5.20. The number of benzene rings is 1. The van der Waals surface area contributed by atoms with E-state index in [0.29, 0.717) is 28.9 Å². The summed E-state index contributed by atoms with van der Waals surface area (Å²) < 4.78 is 18.4. The van der Waals surface area contributed by atoms with Crippen LogP contribution in [0.25, 0.3) is 11.4 Å². The second-order valence-corrected chi connectivity index (χ2v) is 8.13. The zero-order chi connectivity index (χ0) is 22.3. The molecule has 1 atom stereocenters. The first-order chi connectivity index (χ1) is 15.7. The summed E-state index contributed by atoms with van der Waals surface area (Å²) >= 11 is 1.34. The lowest BCUT2D eigenvalue weighted by Crippen LogP contribution is -2.18. The van der Waals surface area contributed by atoms with Crippen LogP contribution in [0.5, 0.6) is 11.5 Å². The molecule has 10 heteroatoms. The number of hydrogen-bond acceptors (Lipinski definition) is 8. The number of hydrogen-bond donors (Lipinski definition) is 1. The second-order valence-electron chi connectivity index (χ2n) is 7.19. The highest BCUT2D eigenvalue weighted by molar-refractivity contribution is 7.99. The summed E-state index contributed by atoms with van der Waals surface area (Å²) in [7, 11) is 3.13. The molecule has 1 aliphatic rings. The number of anilines is 1. The Morgan fingerprint density at radius 1 is 1.22 bits per heavy atom. The molecule has 1 saturated heterocycles. The van der Waals surface area contributed by atoms with E-state index in [2.05, 4.69) is 20.5 Å². The Morgan fingerprint density at radius 2 is 2.06 bits per heavy atom. The van der Waals surface area contributed by atoms with Crippen molar-refractivity contribution in [1.29, 1.82) is 0 Å². The number of rotatable bonds is 9. The summed E-state index contributed by atoms with van der Waals surface area (Å²) in [6.07, 6.45) is 5.61. The number of ether oxygens (including phenoxy) is 3. The molecular formula is C22H25N5O4S. The van der Waals surface area contributed by atoms with Crippen LogP contribution in [0.4, 0.5) is 5.69 Å². The van der Waals surface area contributed by atoms with Crippen molar-refractivity contribution in [1.82, 2.24) is 19.7 Å². The van der Waals surface area contributed by atoms with E-state index in [1.54, 1.807) is 44.8 Å². The number of amides is 1. The Labute approximate surface area is 190 Å². The maximum atomic E-state index is 12.6. The second kappa shape index (κ2) is 10.5. The van der Waals surface area contributed by atoms with Crippen molar-refractivity contribution >= 4 is 23.4 Å². The minimum absolute atomic E-state index is 0.114. The molecular weight excluding hydrogens is 430 g/mol. The van der Waals surface area contributed by atoms with E-state index in [1.807, 2.05) is 16.7 Å².